The summed E-state index contributed by atoms with van der Waals surface area (Å²) in [6.45, 7) is 0. The van der Waals surface area contributed by atoms with Crippen molar-refractivity contribution in [3.63, 3.8) is 0 Å². The number of halogens is 1. The quantitative estimate of drug-likeness (QED) is 0.645. The third-order valence-corrected chi connectivity index (χ3v) is 4.51. The van der Waals surface area contributed by atoms with E-state index in [0.29, 0.717) is 5.78 Å². The fraction of sp³-hybridized carbons (Fsp3) is 0.500. The molecule has 0 bridgehead atoms. The van der Waals surface area contributed by atoms with Gasteiger partial charge in [-0.3, -0.25) is 4.79 Å². The van der Waals surface area contributed by atoms with Crippen LogP contribution < -0.4 is 0 Å². The fourth-order valence-corrected chi connectivity index (χ4v) is 3.42. The molecule has 0 atom stereocenters. The zero-order chi connectivity index (χ0) is 9.05. The van der Waals surface area contributed by atoms with E-state index in [4.69, 9.17) is 11.6 Å². The highest BCUT2D eigenvalue weighted by molar-refractivity contribution is 7.16. The van der Waals surface area contributed by atoms with Crippen LogP contribution in [0.15, 0.2) is 6.07 Å². The Labute approximate surface area is 85.7 Å². The largest absolute Gasteiger partial charge is 0.294 e. The summed E-state index contributed by atoms with van der Waals surface area (Å²) in [5, 5.41) is 0. The van der Waals surface area contributed by atoms with E-state index in [2.05, 4.69) is 0 Å². The first-order chi connectivity index (χ1) is 6.21. The van der Waals surface area contributed by atoms with Crippen LogP contribution in [0.1, 0.15) is 34.5 Å². The Hall–Kier alpha value is -0.340. The molecule has 0 N–H and O–H groups in total. The van der Waals surface area contributed by atoms with Crippen molar-refractivity contribution in [2.24, 2.45) is 5.41 Å². The van der Waals surface area contributed by atoms with Crippen LogP contribution in [-0.2, 0) is 6.42 Å². The number of ketones is 1. The molecule has 3 heteroatoms. The van der Waals surface area contributed by atoms with Crippen molar-refractivity contribution < 1.29 is 4.79 Å². The average molecular weight is 213 g/mol. The number of thiophene rings is 1. The highest BCUT2D eigenvalue weighted by Crippen LogP contribution is 2.55. The Balaban J connectivity index is 2.12. The minimum absolute atomic E-state index is 0.0530. The maximum atomic E-state index is 12.0. The third kappa shape index (κ3) is 1.02. The lowest BCUT2D eigenvalue weighted by Gasteiger charge is -2.19. The normalized spacial score (nSPS) is 23.3. The van der Waals surface area contributed by atoms with Crippen LogP contribution in [0.5, 0.6) is 0 Å². The minimum Gasteiger partial charge on any atom is -0.294 e. The zero-order valence-electron chi connectivity index (χ0n) is 7.10. The molecule has 1 fully saturated rings. The molecule has 0 saturated heterocycles. The molecule has 68 valence electrons. The lowest BCUT2D eigenvalue weighted by molar-refractivity contribution is 0.0882. The molecule has 1 nitrogen and oxygen atoms in total. The minimum atomic E-state index is 0.0530. The molecule has 1 saturated carbocycles. The van der Waals surface area contributed by atoms with E-state index in [1.807, 2.05) is 6.07 Å². The SMILES string of the molecule is O=C1c2cc(Cl)sc2CCC12CC2. The van der Waals surface area contributed by atoms with Crippen LogP contribution in [0.3, 0.4) is 0 Å². The molecular formula is C10H9ClOS. The zero-order valence-corrected chi connectivity index (χ0v) is 8.67. The summed E-state index contributed by atoms with van der Waals surface area (Å²) in [7, 11) is 0. The van der Waals surface area contributed by atoms with E-state index in [9.17, 15) is 4.79 Å². The Morgan fingerprint density at radius 1 is 1.38 bits per heavy atom. The van der Waals surface area contributed by atoms with Gasteiger partial charge in [0.2, 0.25) is 0 Å². The summed E-state index contributed by atoms with van der Waals surface area (Å²) in [5.74, 6) is 0.358. The third-order valence-electron chi connectivity index (χ3n) is 3.19. The Kier molecular flexibility index (Phi) is 1.46. The van der Waals surface area contributed by atoms with E-state index >= 15 is 0 Å². The molecule has 13 heavy (non-hydrogen) atoms. The molecule has 1 heterocycles. The summed E-state index contributed by atoms with van der Waals surface area (Å²) < 4.78 is 0.760. The van der Waals surface area contributed by atoms with Crippen molar-refractivity contribution in [3.05, 3.63) is 20.8 Å². The number of aryl methyl sites for hydroxylation is 1. The molecule has 2 aliphatic rings. The molecule has 0 aliphatic heterocycles. The highest BCUT2D eigenvalue weighted by Gasteiger charge is 2.52. The monoisotopic (exact) mass is 212 g/mol. The number of carbonyl (C=O) groups is 1. The first-order valence-electron chi connectivity index (χ1n) is 4.54. The second-order valence-corrected chi connectivity index (χ2v) is 5.76. The lowest BCUT2D eigenvalue weighted by Crippen LogP contribution is -2.22. The van der Waals surface area contributed by atoms with Gasteiger partial charge in [0, 0.05) is 15.9 Å². The van der Waals surface area contributed by atoms with Gasteiger partial charge < -0.3 is 0 Å². The van der Waals surface area contributed by atoms with Gasteiger partial charge in [-0.05, 0) is 31.7 Å². The van der Waals surface area contributed by atoms with Crippen LogP contribution >= 0.6 is 22.9 Å². The standard InChI is InChI=1S/C10H9ClOS/c11-8-5-6-7(13-8)1-2-10(3-4-10)9(6)12/h5H,1-4H2. The van der Waals surface area contributed by atoms with Crippen molar-refractivity contribution >= 4 is 28.7 Å². The van der Waals surface area contributed by atoms with Crippen LogP contribution in [0.25, 0.3) is 0 Å². The molecule has 1 aromatic heterocycles. The molecule has 2 aliphatic carbocycles. The molecule has 3 rings (SSSR count). The fourth-order valence-electron chi connectivity index (χ4n) is 2.15. The van der Waals surface area contributed by atoms with Gasteiger partial charge in [0.25, 0.3) is 0 Å². The molecule has 1 aromatic rings. The summed E-state index contributed by atoms with van der Waals surface area (Å²) >= 11 is 7.46. The molecule has 0 aromatic carbocycles. The summed E-state index contributed by atoms with van der Waals surface area (Å²) in [4.78, 5) is 13.2. The van der Waals surface area contributed by atoms with Gasteiger partial charge in [0.05, 0.1) is 4.34 Å². The summed E-state index contributed by atoms with van der Waals surface area (Å²) in [5.41, 5.74) is 0.968. The number of rotatable bonds is 0. The Bertz CT molecular complexity index is 390. The maximum Gasteiger partial charge on any atom is 0.170 e. The first kappa shape index (κ1) is 8.01. The predicted molar refractivity (Wildman–Crippen MR) is 53.6 cm³/mol. The summed E-state index contributed by atoms with van der Waals surface area (Å²) in [6.07, 6.45) is 4.30. The number of fused-ring (bicyclic) bond motifs is 1. The maximum absolute atomic E-state index is 12.0. The molecule has 0 unspecified atom stereocenters. The molecule has 1 spiro atoms. The molecule has 0 radical (unpaired) electrons. The van der Waals surface area contributed by atoms with Crippen LogP contribution in [0.4, 0.5) is 0 Å². The topological polar surface area (TPSA) is 17.1 Å². The Morgan fingerprint density at radius 2 is 2.15 bits per heavy atom. The number of carbonyl (C=O) groups excluding carboxylic acids is 1. The molecular weight excluding hydrogens is 204 g/mol. The number of hydrogen-bond donors (Lipinski definition) is 0. The van der Waals surface area contributed by atoms with Crippen LogP contribution in [0, 0.1) is 5.41 Å². The molecule has 0 amide bonds. The van der Waals surface area contributed by atoms with Gasteiger partial charge in [0.1, 0.15) is 0 Å². The Morgan fingerprint density at radius 3 is 2.85 bits per heavy atom. The van der Waals surface area contributed by atoms with Gasteiger partial charge >= 0.3 is 0 Å². The van der Waals surface area contributed by atoms with Gasteiger partial charge in [-0.1, -0.05) is 11.6 Å². The van der Waals surface area contributed by atoms with E-state index < -0.39 is 0 Å². The second kappa shape index (κ2) is 2.37. The van der Waals surface area contributed by atoms with E-state index in [-0.39, 0.29) is 5.41 Å². The van der Waals surface area contributed by atoms with Gasteiger partial charge in [-0.15, -0.1) is 11.3 Å². The van der Waals surface area contributed by atoms with E-state index in [1.54, 1.807) is 11.3 Å². The predicted octanol–water partition coefficient (Wildman–Crippen LogP) is 3.31. The van der Waals surface area contributed by atoms with E-state index in [0.717, 1.165) is 35.6 Å². The lowest BCUT2D eigenvalue weighted by atomic mass is 9.84. The smallest absolute Gasteiger partial charge is 0.170 e. The van der Waals surface area contributed by atoms with Crippen molar-refractivity contribution in [3.8, 4) is 0 Å². The van der Waals surface area contributed by atoms with Gasteiger partial charge in [0.15, 0.2) is 5.78 Å². The van der Waals surface area contributed by atoms with Crippen molar-refractivity contribution in [1.29, 1.82) is 0 Å². The van der Waals surface area contributed by atoms with Crippen molar-refractivity contribution in [2.75, 3.05) is 0 Å². The average Bonchev–Trinajstić information content (AvgIpc) is 2.78. The number of Topliss-reactive ketones (excluding diaryl/α,β-unsaturated/α-hetero) is 1. The van der Waals surface area contributed by atoms with Crippen LogP contribution in [0.2, 0.25) is 4.34 Å². The summed E-state index contributed by atoms with van der Waals surface area (Å²) in [6, 6.07) is 1.85. The second-order valence-electron chi connectivity index (χ2n) is 4.00. The highest BCUT2D eigenvalue weighted by atomic mass is 35.5. The van der Waals surface area contributed by atoms with E-state index in [1.165, 1.54) is 4.88 Å². The van der Waals surface area contributed by atoms with Crippen molar-refractivity contribution in [1.82, 2.24) is 0 Å². The van der Waals surface area contributed by atoms with Crippen LogP contribution in [-0.4, -0.2) is 5.78 Å². The van der Waals surface area contributed by atoms with Crippen molar-refractivity contribution in [2.45, 2.75) is 25.7 Å². The number of hydrogen-bond acceptors (Lipinski definition) is 2. The van der Waals surface area contributed by atoms with Gasteiger partial charge in [-0.2, -0.15) is 0 Å². The first-order valence-corrected chi connectivity index (χ1v) is 5.74. The van der Waals surface area contributed by atoms with Gasteiger partial charge in [-0.25, -0.2) is 0 Å².